The lowest BCUT2D eigenvalue weighted by Crippen LogP contribution is -2.24. The van der Waals surface area contributed by atoms with E-state index in [2.05, 4.69) is 57.1 Å². The molecule has 0 atom stereocenters. The number of rotatable bonds is 0. The Morgan fingerprint density at radius 2 is 1.67 bits per heavy atom. The van der Waals surface area contributed by atoms with Gasteiger partial charge in [0.15, 0.2) is 0 Å². The van der Waals surface area contributed by atoms with Crippen molar-refractivity contribution in [2.75, 3.05) is 13.1 Å². The summed E-state index contributed by atoms with van der Waals surface area (Å²) >= 11 is 7.25. The maximum atomic E-state index is 10.0. The van der Waals surface area contributed by atoms with Gasteiger partial charge in [-0.15, -0.1) is 0 Å². The molecule has 27 heavy (non-hydrogen) atoms. The van der Waals surface area contributed by atoms with Gasteiger partial charge < -0.3 is 10.4 Å². The van der Waals surface area contributed by atoms with Crippen molar-refractivity contribution in [3.05, 3.63) is 61.3 Å². The van der Waals surface area contributed by atoms with E-state index >= 15 is 0 Å². The van der Waals surface area contributed by atoms with Gasteiger partial charge in [-0.05, 0) is 84.0 Å². The highest BCUT2D eigenvalue weighted by molar-refractivity contribution is 9.10. The largest absolute Gasteiger partial charge is 0.508 e. The number of phenols is 1. The van der Waals surface area contributed by atoms with E-state index in [0.29, 0.717) is 5.75 Å². The van der Waals surface area contributed by atoms with Crippen LogP contribution in [0.5, 0.6) is 5.75 Å². The third-order valence-corrected chi connectivity index (χ3v) is 5.86. The number of hydrogen-bond acceptors (Lipinski definition) is 3. The van der Waals surface area contributed by atoms with Gasteiger partial charge in [0.1, 0.15) is 5.75 Å². The van der Waals surface area contributed by atoms with Crippen LogP contribution in [0.2, 0.25) is 0 Å². The number of aromatic nitrogens is 1. The summed E-state index contributed by atoms with van der Waals surface area (Å²) in [6.45, 7) is 6.27. The Morgan fingerprint density at radius 1 is 1.00 bits per heavy atom. The SMILES string of the molecule is CCC.Oc1cc(Br)c2c(c1)CCc1cc(Br)cnc1C2=C1CCNCC1. The molecule has 1 aromatic heterocycles. The summed E-state index contributed by atoms with van der Waals surface area (Å²) < 4.78 is 1.97. The predicted molar refractivity (Wildman–Crippen MR) is 119 cm³/mol. The smallest absolute Gasteiger partial charge is 0.117 e. The molecule has 0 bridgehead atoms. The minimum absolute atomic E-state index is 0.315. The highest BCUT2D eigenvalue weighted by atomic mass is 79.9. The van der Waals surface area contributed by atoms with E-state index in [1.165, 1.54) is 34.3 Å². The fourth-order valence-corrected chi connectivity index (χ4v) is 4.80. The summed E-state index contributed by atoms with van der Waals surface area (Å²) in [4.78, 5) is 4.79. The first kappa shape index (κ1) is 20.6. The molecule has 4 rings (SSSR count). The molecule has 1 saturated heterocycles. The summed E-state index contributed by atoms with van der Waals surface area (Å²) in [6.07, 6.45) is 7.06. The lowest BCUT2D eigenvalue weighted by atomic mass is 9.89. The van der Waals surface area contributed by atoms with Crippen LogP contribution >= 0.6 is 31.9 Å². The van der Waals surface area contributed by atoms with Crippen LogP contribution in [0.3, 0.4) is 0 Å². The Balaban J connectivity index is 0.000000659. The molecule has 1 aliphatic heterocycles. The van der Waals surface area contributed by atoms with E-state index in [1.54, 1.807) is 6.07 Å². The molecule has 2 N–H and O–H groups in total. The maximum absolute atomic E-state index is 10.0. The minimum Gasteiger partial charge on any atom is -0.508 e. The third kappa shape index (κ3) is 4.64. The number of nitrogens with zero attached hydrogens (tertiary/aromatic N) is 1. The van der Waals surface area contributed by atoms with Crippen LogP contribution < -0.4 is 5.32 Å². The molecule has 144 valence electrons. The summed E-state index contributed by atoms with van der Waals surface area (Å²) in [5.41, 5.74) is 7.49. The molecule has 0 unspecified atom stereocenters. The average molecular weight is 494 g/mol. The van der Waals surface area contributed by atoms with E-state index in [1.807, 2.05) is 12.3 Å². The van der Waals surface area contributed by atoms with Crippen LogP contribution in [0.15, 0.2) is 38.9 Å². The minimum atomic E-state index is 0.315. The van der Waals surface area contributed by atoms with E-state index in [-0.39, 0.29) is 0 Å². The zero-order valence-electron chi connectivity index (χ0n) is 15.9. The number of phenolic OH excluding ortho intramolecular Hbond substituents is 1. The molecule has 0 spiro atoms. The highest BCUT2D eigenvalue weighted by Gasteiger charge is 2.26. The van der Waals surface area contributed by atoms with Gasteiger partial charge in [-0.3, -0.25) is 4.98 Å². The van der Waals surface area contributed by atoms with Crippen molar-refractivity contribution < 1.29 is 5.11 Å². The molecular weight excluding hydrogens is 468 g/mol. The van der Waals surface area contributed by atoms with E-state index < -0.39 is 0 Å². The Kier molecular flexibility index (Phi) is 7.12. The van der Waals surface area contributed by atoms with Crippen molar-refractivity contribution in [3.63, 3.8) is 0 Å². The van der Waals surface area contributed by atoms with Crippen LogP contribution in [-0.4, -0.2) is 23.2 Å². The van der Waals surface area contributed by atoms with Crippen molar-refractivity contribution in [2.45, 2.75) is 46.0 Å². The lowest BCUT2D eigenvalue weighted by molar-refractivity contribution is 0.474. The Morgan fingerprint density at radius 3 is 2.37 bits per heavy atom. The third-order valence-electron chi connectivity index (χ3n) is 4.80. The first-order valence-corrected chi connectivity index (χ1v) is 11.2. The molecule has 2 aromatic rings. The van der Waals surface area contributed by atoms with Gasteiger partial charge in [0.25, 0.3) is 0 Å². The number of fused-ring (bicyclic) bond motifs is 2. The summed E-state index contributed by atoms with van der Waals surface area (Å²) in [5, 5.41) is 13.5. The number of aryl methyl sites for hydroxylation is 2. The maximum Gasteiger partial charge on any atom is 0.117 e. The van der Waals surface area contributed by atoms with Crippen LogP contribution in [0.1, 0.15) is 55.5 Å². The second-order valence-corrected chi connectivity index (χ2v) is 8.83. The molecule has 5 heteroatoms. The second kappa shape index (κ2) is 9.35. The summed E-state index contributed by atoms with van der Waals surface area (Å²) in [6, 6.07) is 5.89. The molecule has 1 fully saturated rings. The quantitative estimate of drug-likeness (QED) is 0.472. The zero-order valence-corrected chi connectivity index (χ0v) is 19.1. The fourth-order valence-electron chi connectivity index (χ4n) is 3.73. The first-order valence-electron chi connectivity index (χ1n) is 9.64. The summed E-state index contributed by atoms with van der Waals surface area (Å²) in [7, 11) is 0. The average Bonchev–Trinajstić information content (AvgIpc) is 2.80. The van der Waals surface area contributed by atoms with E-state index in [9.17, 15) is 5.11 Å². The van der Waals surface area contributed by atoms with E-state index in [0.717, 1.165) is 53.4 Å². The normalized spacial score (nSPS) is 16.0. The number of aromatic hydroxyl groups is 1. The molecule has 0 radical (unpaired) electrons. The van der Waals surface area contributed by atoms with Gasteiger partial charge in [-0.2, -0.15) is 0 Å². The standard InChI is InChI=1S/C19H18Br2N2O.C3H8/c20-14-7-13-2-1-12-8-15(24)9-16(21)17(12)18(19(13)23-10-14)11-3-5-22-6-4-11;1-3-2/h7-10,22,24H,1-6H2;3H2,1-2H3. The topological polar surface area (TPSA) is 45.2 Å². The van der Waals surface area contributed by atoms with E-state index in [4.69, 9.17) is 4.98 Å². The molecule has 1 aromatic carbocycles. The van der Waals surface area contributed by atoms with Gasteiger partial charge in [0, 0.05) is 26.3 Å². The van der Waals surface area contributed by atoms with Gasteiger partial charge in [-0.1, -0.05) is 41.8 Å². The molecule has 0 amide bonds. The van der Waals surface area contributed by atoms with Crippen molar-refractivity contribution in [1.82, 2.24) is 10.3 Å². The van der Waals surface area contributed by atoms with Crippen molar-refractivity contribution >= 4 is 37.4 Å². The molecule has 2 heterocycles. The van der Waals surface area contributed by atoms with Crippen molar-refractivity contribution in [3.8, 4) is 5.75 Å². The van der Waals surface area contributed by atoms with Crippen LogP contribution in [0.25, 0.3) is 5.57 Å². The number of nitrogens with one attached hydrogen (secondary N) is 1. The number of piperidine rings is 1. The molecule has 2 aliphatic rings. The first-order chi connectivity index (χ1) is 13.0. The van der Waals surface area contributed by atoms with Crippen molar-refractivity contribution in [2.24, 2.45) is 0 Å². The van der Waals surface area contributed by atoms with Gasteiger partial charge in [-0.25, -0.2) is 0 Å². The van der Waals surface area contributed by atoms with Gasteiger partial charge >= 0.3 is 0 Å². The van der Waals surface area contributed by atoms with Crippen LogP contribution in [-0.2, 0) is 12.8 Å². The number of halogens is 2. The Bertz CT molecular complexity index is 854. The van der Waals surface area contributed by atoms with Crippen molar-refractivity contribution in [1.29, 1.82) is 0 Å². The fraction of sp³-hybridized carbons (Fsp3) is 0.409. The monoisotopic (exact) mass is 492 g/mol. The van der Waals surface area contributed by atoms with Crippen LogP contribution in [0, 0.1) is 0 Å². The van der Waals surface area contributed by atoms with Crippen LogP contribution in [0.4, 0.5) is 0 Å². The number of benzene rings is 1. The highest BCUT2D eigenvalue weighted by Crippen LogP contribution is 2.42. The number of hydrogen-bond donors (Lipinski definition) is 2. The Hall–Kier alpha value is -1.17. The summed E-state index contributed by atoms with van der Waals surface area (Å²) in [5.74, 6) is 0.315. The molecule has 1 aliphatic carbocycles. The molecule has 0 saturated carbocycles. The number of pyridine rings is 1. The second-order valence-electron chi connectivity index (χ2n) is 7.06. The lowest BCUT2D eigenvalue weighted by Gasteiger charge is -2.22. The molecular formula is C22H26Br2N2O. The predicted octanol–water partition coefficient (Wildman–Crippen LogP) is 6.01. The zero-order chi connectivity index (χ0) is 19.4. The molecule has 3 nitrogen and oxygen atoms in total. The van der Waals surface area contributed by atoms with Gasteiger partial charge in [0.05, 0.1) is 5.69 Å². The van der Waals surface area contributed by atoms with Gasteiger partial charge in [0.2, 0.25) is 0 Å². The Labute approximate surface area is 178 Å².